The van der Waals surface area contributed by atoms with Gasteiger partial charge < -0.3 is 19.3 Å². The second-order valence-electron chi connectivity index (χ2n) is 11.4. The van der Waals surface area contributed by atoms with Crippen LogP contribution < -0.4 is 14.2 Å². The summed E-state index contributed by atoms with van der Waals surface area (Å²) in [5, 5.41) is 9.01. The Kier molecular flexibility index (Phi) is 13.0. The van der Waals surface area contributed by atoms with Crippen molar-refractivity contribution in [3.8, 4) is 23.0 Å². The molecule has 0 aliphatic carbocycles. The molecule has 2 atom stereocenters. The molecule has 0 saturated heterocycles. The largest absolute Gasteiger partial charge is 0.508 e. The maximum atomic E-state index is 9.01. The molecule has 5 aromatic carbocycles. The van der Waals surface area contributed by atoms with Crippen molar-refractivity contribution in [3.63, 3.8) is 0 Å². The lowest BCUT2D eigenvalue weighted by Crippen LogP contribution is -2.01. The second kappa shape index (κ2) is 17.6. The number of hydrogen-bond acceptors (Lipinski definition) is 4. The number of ether oxygens (including phenoxy) is 3. The Labute approximate surface area is 269 Å². The van der Waals surface area contributed by atoms with Crippen LogP contribution in [0.2, 0.25) is 0 Å². The fourth-order valence-electron chi connectivity index (χ4n) is 4.70. The van der Waals surface area contributed by atoms with Crippen molar-refractivity contribution >= 4 is 0 Å². The van der Waals surface area contributed by atoms with Gasteiger partial charge in [0, 0.05) is 6.07 Å². The van der Waals surface area contributed by atoms with Gasteiger partial charge in [0.1, 0.15) is 42.8 Å². The topological polar surface area (TPSA) is 47.9 Å². The van der Waals surface area contributed by atoms with Gasteiger partial charge in [-0.3, -0.25) is 0 Å². The van der Waals surface area contributed by atoms with E-state index in [9.17, 15) is 0 Å². The number of phenolic OH excluding ortho intramolecular Hbond substituents is 1. The molecule has 0 heterocycles. The van der Waals surface area contributed by atoms with Crippen LogP contribution in [0.5, 0.6) is 23.0 Å². The van der Waals surface area contributed by atoms with Gasteiger partial charge >= 0.3 is 0 Å². The predicted octanol–water partition coefficient (Wildman–Crippen LogP) is 10.8. The molecule has 0 saturated carbocycles. The molecule has 4 heteroatoms. The molecule has 0 aliphatic heterocycles. The Morgan fingerprint density at radius 2 is 0.867 bits per heavy atom. The van der Waals surface area contributed by atoms with Gasteiger partial charge in [-0.05, 0) is 88.9 Å². The molecule has 0 amide bonds. The third-order valence-electron chi connectivity index (χ3n) is 7.98. The summed E-state index contributed by atoms with van der Waals surface area (Å²) >= 11 is 0. The van der Waals surface area contributed by atoms with Crippen molar-refractivity contribution < 1.29 is 19.3 Å². The van der Waals surface area contributed by atoms with Gasteiger partial charge in [-0.25, -0.2) is 0 Å². The van der Waals surface area contributed by atoms with E-state index in [1.807, 2.05) is 78.9 Å². The zero-order valence-corrected chi connectivity index (χ0v) is 27.0. The summed E-state index contributed by atoms with van der Waals surface area (Å²) in [6.07, 6.45) is 2.27. The standard InChI is InChI=1S/C31H32O3.C10H14O/c1-3-24(2)28-14-16-29(17-15-28)32-23-27-18-30(33-21-25-10-6-4-7-11-25)20-31(19-27)34-22-26-12-8-5-9-13-26;1-3-8(2)9-4-6-10(11)7-5-9/h4-20,24H,3,21-23H2,1-2H3;4-8,11H,3H2,1-2H3. The van der Waals surface area contributed by atoms with Gasteiger partial charge in [0.25, 0.3) is 0 Å². The number of benzene rings is 5. The smallest absolute Gasteiger partial charge is 0.123 e. The molecular weight excluding hydrogens is 556 g/mol. The molecule has 0 bridgehead atoms. The normalized spacial score (nSPS) is 11.9. The summed E-state index contributed by atoms with van der Waals surface area (Å²) in [5.41, 5.74) is 5.88. The Hall–Kier alpha value is -4.70. The van der Waals surface area contributed by atoms with Crippen molar-refractivity contribution in [2.75, 3.05) is 0 Å². The highest BCUT2D eigenvalue weighted by Gasteiger charge is 2.08. The van der Waals surface area contributed by atoms with Gasteiger partial charge in [-0.2, -0.15) is 0 Å². The highest BCUT2D eigenvalue weighted by Crippen LogP contribution is 2.27. The number of aromatic hydroxyl groups is 1. The molecule has 0 aromatic heterocycles. The molecule has 5 rings (SSSR count). The van der Waals surface area contributed by atoms with Crippen molar-refractivity contribution in [3.05, 3.63) is 155 Å². The monoisotopic (exact) mass is 602 g/mol. The molecule has 4 nitrogen and oxygen atoms in total. The van der Waals surface area contributed by atoms with Crippen LogP contribution in [0.4, 0.5) is 0 Å². The number of phenols is 1. The lowest BCUT2D eigenvalue weighted by Gasteiger charge is -2.14. The first-order valence-electron chi connectivity index (χ1n) is 15.9. The van der Waals surface area contributed by atoms with E-state index in [2.05, 4.69) is 64.1 Å². The van der Waals surface area contributed by atoms with E-state index in [1.54, 1.807) is 12.1 Å². The van der Waals surface area contributed by atoms with Crippen LogP contribution in [0.3, 0.4) is 0 Å². The fourth-order valence-corrected chi connectivity index (χ4v) is 4.70. The van der Waals surface area contributed by atoms with Crippen molar-refractivity contribution in [2.45, 2.75) is 72.2 Å². The summed E-state index contributed by atoms with van der Waals surface area (Å²) in [7, 11) is 0. The summed E-state index contributed by atoms with van der Waals surface area (Å²) in [4.78, 5) is 0. The highest BCUT2D eigenvalue weighted by molar-refractivity contribution is 5.39. The molecule has 234 valence electrons. The quantitative estimate of drug-likeness (QED) is 0.146. The van der Waals surface area contributed by atoms with Crippen LogP contribution in [-0.2, 0) is 19.8 Å². The van der Waals surface area contributed by atoms with Crippen molar-refractivity contribution in [1.82, 2.24) is 0 Å². The second-order valence-corrected chi connectivity index (χ2v) is 11.4. The van der Waals surface area contributed by atoms with E-state index in [0.717, 1.165) is 46.8 Å². The first kappa shape index (κ1) is 33.2. The Balaban J connectivity index is 0.000000354. The molecule has 5 aromatic rings. The van der Waals surface area contributed by atoms with E-state index >= 15 is 0 Å². The van der Waals surface area contributed by atoms with Crippen LogP contribution in [0.25, 0.3) is 0 Å². The summed E-state index contributed by atoms with van der Waals surface area (Å²) in [6, 6.07) is 42.1. The maximum Gasteiger partial charge on any atom is 0.123 e. The lowest BCUT2D eigenvalue weighted by molar-refractivity contribution is 0.281. The Bertz CT molecular complexity index is 1470. The minimum Gasteiger partial charge on any atom is -0.508 e. The SMILES string of the molecule is CCC(C)c1ccc(O)cc1.CCC(C)c1ccc(OCc2cc(OCc3ccccc3)cc(OCc3ccccc3)c2)cc1. The van der Waals surface area contributed by atoms with E-state index in [4.69, 9.17) is 19.3 Å². The molecule has 0 spiro atoms. The number of hydrogen-bond donors (Lipinski definition) is 1. The Morgan fingerprint density at radius 3 is 1.31 bits per heavy atom. The molecular formula is C41H46O4. The zero-order chi connectivity index (χ0) is 31.9. The number of rotatable bonds is 13. The van der Waals surface area contributed by atoms with E-state index < -0.39 is 0 Å². The van der Waals surface area contributed by atoms with Gasteiger partial charge in [0.15, 0.2) is 0 Å². The summed E-state index contributed by atoms with van der Waals surface area (Å²) in [6.45, 7) is 10.2. The average Bonchev–Trinajstić information content (AvgIpc) is 3.10. The summed E-state index contributed by atoms with van der Waals surface area (Å²) < 4.78 is 18.3. The molecule has 0 fully saturated rings. The highest BCUT2D eigenvalue weighted by atomic mass is 16.5. The van der Waals surface area contributed by atoms with Crippen LogP contribution in [-0.4, -0.2) is 5.11 Å². The minimum atomic E-state index is 0.344. The fraction of sp³-hybridized carbons (Fsp3) is 0.268. The average molecular weight is 603 g/mol. The van der Waals surface area contributed by atoms with Crippen molar-refractivity contribution in [2.24, 2.45) is 0 Å². The predicted molar refractivity (Wildman–Crippen MR) is 184 cm³/mol. The van der Waals surface area contributed by atoms with Crippen LogP contribution in [0.1, 0.15) is 80.2 Å². The minimum absolute atomic E-state index is 0.344. The summed E-state index contributed by atoms with van der Waals surface area (Å²) in [5.74, 6) is 3.87. The van der Waals surface area contributed by atoms with Gasteiger partial charge in [0.2, 0.25) is 0 Å². The molecule has 0 aliphatic rings. The first-order valence-corrected chi connectivity index (χ1v) is 15.9. The molecule has 45 heavy (non-hydrogen) atoms. The van der Waals surface area contributed by atoms with Crippen molar-refractivity contribution in [1.29, 1.82) is 0 Å². The van der Waals surface area contributed by atoms with E-state index in [0.29, 0.717) is 37.4 Å². The van der Waals surface area contributed by atoms with Gasteiger partial charge in [-0.15, -0.1) is 0 Å². The van der Waals surface area contributed by atoms with E-state index in [1.165, 1.54) is 11.1 Å². The zero-order valence-electron chi connectivity index (χ0n) is 27.0. The Morgan fingerprint density at radius 1 is 0.467 bits per heavy atom. The van der Waals surface area contributed by atoms with E-state index in [-0.39, 0.29) is 0 Å². The third kappa shape index (κ3) is 11.1. The molecule has 2 unspecified atom stereocenters. The van der Waals surface area contributed by atoms with Crippen LogP contribution >= 0.6 is 0 Å². The van der Waals surface area contributed by atoms with Crippen LogP contribution in [0, 0.1) is 0 Å². The first-order chi connectivity index (χ1) is 21.9. The lowest BCUT2D eigenvalue weighted by atomic mass is 9.99. The third-order valence-corrected chi connectivity index (χ3v) is 7.98. The van der Waals surface area contributed by atoms with Gasteiger partial charge in [-0.1, -0.05) is 113 Å². The van der Waals surface area contributed by atoms with Gasteiger partial charge in [0.05, 0.1) is 0 Å². The molecule has 0 radical (unpaired) electrons. The van der Waals surface area contributed by atoms with Crippen LogP contribution in [0.15, 0.2) is 127 Å². The maximum absolute atomic E-state index is 9.01. The molecule has 1 N–H and O–H groups in total.